The van der Waals surface area contributed by atoms with Crippen molar-refractivity contribution in [2.75, 3.05) is 12.5 Å². The fraction of sp³-hybridized carbons (Fsp3) is 0.316. The van der Waals surface area contributed by atoms with Gasteiger partial charge in [-0.1, -0.05) is 31.9 Å². The second-order valence-electron chi connectivity index (χ2n) is 6.08. The van der Waals surface area contributed by atoms with E-state index in [4.69, 9.17) is 20.2 Å². The zero-order valence-electron chi connectivity index (χ0n) is 13.8. The molecule has 4 rings (SSSR count). The highest BCUT2D eigenvalue weighted by molar-refractivity contribution is 5.85. The minimum Gasteiger partial charge on any atom is -0.454 e. The van der Waals surface area contributed by atoms with Crippen LogP contribution in [0.25, 0.3) is 22.4 Å². The number of ether oxygens (including phenoxy) is 2. The van der Waals surface area contributed by atoms with Gasteiger partial charge in [-0.3, -0.25) is 0 Å². The monoisotopic (exact) mass is 323 g/mol. The number of aromatic nitrogens is 2. The largest absolute Gasteiger partial charge is 0.454 e. The highest BCUT2D eigenvalue weighted by Gasteiger charge is 2.20. The van der Waals surface area contributed by atoms with Crippen LogP contribution in [-0.2, 0) is 6.54 Å². The quantitative estimate of drug-likeness (QED) is 0.564. The number of unbranched alkanes of at least 4 members (excludes halogenated alkanes) is 2. The van der Waals surface area contributed by atoms with Gasteiger partial charge in [-0.2, -0.15) is 0 Å². The number of nitrogens with zero attached hydrogens (tertiary/aromatic N) is 2. The van der Waals surface area contributed by atoms with Gasteiger partial charge in [0.1, 0.15) is 5.82 Å². The number of hydrogen-bond donors (Lipinski definition) is 1. The van der Waals surface area contributed by atoms with E-state index < -0.39 is 0 Å². The van der Waals surface area contributed by atoms with Gasteiger partial charge in [0.05, 0.1) is 11.0 Å². The third kappa shape index (κ3) is 2.46. The first-order valence-corrected chi connectivity index (χ1v) is 8.42. The summed E-state index contributed by atoms with van der Waals surface area (Å²) in [7, 11) is 0. The summed E-state index contributed by atoms with van der Waals surface area (Å²) in [6, 6.07) is 12.0. The molecule has 2 aromatic carbocycles. The molecule has 2 heterocycles. The Labute approximate surface area is 141 Å². The van der Waals surface area contributed by atoms with Crippen LogP contribution < -0.4 is 15.2 Å². The number of anilines is 1. The van der Waals surface area contributed by atoms with Crippen LogP contribution in [0, 0.1) is 0 Å². The molecule has 0 amide bonds. The first-order valence-electron chi connectivity index (χ1n) is 8.42. The first-order chi connectivity index (χ1) is 11.8. The molecule has 0 radical (unpaired) electrons. The van der Waals surface area contributed by atoms with Gasteiger partial charge < -0.3 is 19.8 Å². The third-order valence-electron chi connectivity index (χ3n) is 4.43. The standard InChI is InChI=1S/C19H21N3O2/c1-2-3-6-9-22-16-8-5-4-7-15(16)21-19(22)13-10-17-18(11-14(13)20)24-12-23-17/h4-5,7-8,10-11H,2-3,6,9,12,20H2,1H3. The Bertz CT molecular complexity index is 886. The van der Waals surface area contributed by atoms with Gasteiger partial charge in [0.25, 0.3) is 0 Å². The highest BCUT2D eigenvalue weighted by Crippen LogP contribution is 2.40. The lowest BCUT2D eigenvalue weighted by molar-refractivity contribution is 0.174. The van der Waals surface area contributed by atoms with Gasteiger partial charge in [0, 0.05) is 23.9 Å². The van der Waals surface area contributed by atoms with Crippen molar-refractivity contribution in [1.82, 2.24) is 9.55 Å². The molecule has 1 aromatic heterocycles. The minimum atomic E-state index is 0.241. The Balaban J connectivity index is 1.85. The zero-order valence-corrected chi connectivity index (χ0v) is 13.8. The average Bonchev–Trinajstić information content (AvgIpc) is 3.18. The molecule has 124 valence electrons. The molecule has 1 aliphatic rings. The van der Waals surface area contributed by atoms with Crippen LogP contribution in [0.1, 0.15) is 26.2 Å². The molecule has 0 bridgehead atoms. The van der Waals surface area contributed by atoms with Gasteiger partial charge in [-0.15, -0.1) is 0 Å². The normalized spacial score (nSPS) is 12.9. The van der Waals surface area contributed by atoms with Crippen LogP contribution in [0.15, 0.2) is 36.4 Å². The molecule has 0 atom stereocenters. The lowest BCUT2D eigenvalue weighted by atomic mass is 10.1. The molecule has 0 fully saturated rings. The molecule has 1 aliphatic heterocycles. The van der Waals surface area contributed by atoms with Crippen LogP contribution in [0.2, 0.25) is 0 Å². The Morgan fingerprint density at radius 3 is 2.75 bits per heavy atom. The summed E-state index contributed by atoms with van der Waals surface area (Å²) < 4.78 is 13.2. The summed E-state index contributed by atoms with van der Waals surface area (Å²) >= 11 is 0. The topological polar surface area (TPSA) is 62.3 Å². The van der Waals surface area contributed by atoms with Crippen LogP contribution in [-0.4, -0.2) is 16.3 Å². The SMILES string of the molecule is CCCCCn1c(-c2cc3c(cc2N)OCO3)nc2ccccc21. The van der Waals surface area contributed by atoms with E-state index in [-0.39, 0.29) is 6.79 Å². The number of fused-ring (bicyclic) bond motifs is 2. The average molecular weight is 323 g/mol. The van der Waals surface area contributed by atoms with E-state index in [1.54, 1.807) is 0 Å². The van der Waals surface area contributed by atoms with Gasteiger partial charge in [-0.25, -0.2) is 4.98 Å². The first kappa shape index (κ1) is 14.9. The summed E-state index contributed by atoms with van der Waals surface area (Å²) in [4.78, 5) is 4.83. The van der Waals surface area contributed by atoms with Crippen LogP contribution in [0.4, 0.5) is 5.69 Å². The van der Waals surface area contributed by atoms with E-state index in [2.05, 4.69) is 17.6 Å². The maximum absolute atomic E-state index is 6.28. The number of aryl methyl sites for hydroxylation is 1. The van der Waals surface area contributed by atoms with Crippen LogP contribution >= 0.6 is 0 Å². The number of hydrogen-bond acceptors (Lipinski definition) is 4. The second kappa shape index (κ2) is 6.07. The highest BCUT2D eigenvalue weighted by atomic mass is 16.7. The van der Waals surface area contributed by atoms with Gasteiger partial charge in [-0.05, 0) is 24.6 Å². The zero-order chi connectivity index (χ0) is 16.5. The molecular weight excluding hydrogens is 302 g/mol. The number of imidazole rings is 1. The van der Waals surface area contributed by atoms with E-state index in [0.29, 0.717) is 11.4 Å². The fourth-order valence-corrected chi connectivity index (χ4v) is 3.18. The molecule has 5 nitrogen and oxygen atoms in total. The van der Waals surface area contributed by atoms with E-state index >= 15 is 0 Å². The fourth-order valence-electron chi connectivity index (χ4n) is 3.18. The van der Waals surface area contributed by atoms with Gasteiger partial charge in [0.15, 0.2) is 11.5 Å². The summed E-state index contributed by atoms with van der Waals surface area (Å²) in [5, 5.41) is 0. The summed E-state index contributed by atoms with van der Waals surface area (Å²) in [6.45, 7) is 3.38. The molecule has 0 aliphatic carbocycles. The van der Waals surface area contributed by atoms with E-state index in [9.17, 15) is 0 Å². The van der Waals surface area contributed by atoms with Crippen molar-refractivity contribution in [3.63, 3.8) is 0 Å². The van der Waals surface area contributed by atoms with E-state index in [0.717, 1.165) is 41.1 Å². The van der Waals surface area contributed by atoms with Crippen molar-refractivity contribution in [2.24, 2.45) is 0 Å². The molecule has 0 spiro atoms. The summed E-state index contributed by atoms with van der Waals surface area (Å²) in [5.41, 5.74) is 9.96. The Kier molecular flexibility index (Phi) is 3.76. The van der Waals surface area contributed by atoms with Gasteiger partial charge >= 0.3 is 0 Å². The molecule has 2 N–H and O–H groups in total. The minimum absolute atomic E-state index is 0.241. The Morgan fingerprint density at radius 2 is 1.92 bits per heavy atom. The van der Waals surface area contributed by atoms with Crippen molar-refractivity contribution >= 4 is 16.7 Å². The van der Waals surface area contributed by atoms with Crippen molar-refractivity contribution in [2.45, 2.75) is 32.7 Å². The van der Waals surface area contributed by atoms with Crippen molar-refractivity contribution < 1.29 is 9.47 Å². The Hall–Kier alpha value is -2.69. The molecule has 0 saturated heterocycles. The Morgan fingerprint density at radius 1 is 1.12 bits per heavy atom. The molecule has 24 heavy (non-hydrogen) atoms. The number of benzene rings is 2. The van der Waals surface area contributed by atoms with Crippen molar-refractivity contribution in [1.29, 1.82) is 0 Å². The van der Waals surface area contributed by atoms with Crippen LogP contribution in [0.3, 0.4) is 0 Å². The number of para-hydroxylation sites is 2. The maximum atomic E-state index is 6.28. The van der Waals surface area contributed by atoms with Crippen molar-refractivity contribution in [3.05, 3.63) is 36.4 Å². The van der Waals surface area contributed by atoms with Crippen LogP contribution in [0.5, 0.6) is 11.5 Å². The number of nitrogen functional groups attached to an aromatic ring is 1. The summed E-state index contributed by atoms with van der Waals surface area (Å²) in [5.74, 6) is 2.32. The molecular formula is C19H21N3O2. The number of nitrogens with two attached hydrogens (primary N) is 1. The summed E-state index contributed by atoms with van der Waals surface area (Å²) in [6.07, 6.45) is 3.50. The molecule has 3 aromatic rings. The van der Waals surface area contributed by atoms with E-state index in [1.165, 1.54) is 12.8 Å². The third-order valence-corrected chi connectivity index (χ3v) is 4.43. The lowest BCUT2D eigenvalue weighted by Crippen LogP contribution is -2.02. The predicted octanol–water partition coefficient (Wildman–Crippen LogP) is 4.20. The van der Waals surface area contributed by atoms with Crippen molar-refractivity contribution in [3.8, 4) is 22.9 Å². The second-order valence-corrected chi connectivity index (χ2v) is 6.08. The molecule has 0 saturated carbocycles. The lowest BCUT2D eigenvalue weighted by Gasteiger charge is -2.11. The molecule has 5 heteroatoms. The smallest absolute Gasteiger partial charge is 0.231 e. The van der Waals surface area contributed by atoms with Gasteiger partial charge in [0.2, 0.25) is 6.79 Å². The van der Waals surface area contributed by atoms with E-state index in [1.807, 2.05) is 30.3 Å². The predicted molar refractivity (Wildman–Crippen MR) is 95.2 cm³/mol. The number of rotatable bonds is 5. The molecule has 0 unspecified atom stereocenters. The maximum Gasteiger partial charge on any atom is 0.231 e.